The molecule has 0 spiro atoms. The maximum absolute atomic E-state index is 12.2. The van der Waals surface area contributed by atoms with Gasteiger partial charge in [-0.25, -0.2) is 9.59 Å². The number of carbonyl (C=O) groups excluding carboxylic acids is 1. The Balaban J connectivity index is 2.00. The van der Waals surface area contributed by atoms with Gasteiger partial charge in [0.25, 0.3) is 0 Å². The van der Waals surface area contributed by atoms with Crippen molar-refractivity contribution in [1.29, 1.82) is 0 Å². The fourth-order valence-electron chi connectivity index (χ4n) is 2.53. The maximum atomic E-state index is 12.2. The average molecular weight is 291 g/mol. The summed E-state index contributed by atoms with van der Waals surface area (Å²) in [4.78, 5) is 27.1. The number of likely N-dealkylation sites (N-methyl/N-ethyl adjacent to an activating group) is 1. The normalized spacial score (nSPS) is 18.1. The molecule has 2 amide bonds. The summed E-state index contributed by atoms with van der Waals surface area (Å²) < 4.78 is 0. The first-order chi connectivity index (χ1) is 9.88. The van der Waals surface area contributed by atoms with Crippen molar-refractivity contribution >= 4 is 17.7 Å². The average Bonchev–Trinajstić information content (AvgIpc) is 2.88. The van der Waals surface area contributed by atoms with Crippen LogP contribution in [0.25, 0.3) is 0 Å². The van der Waals surface area contributed by atoms with Gasteiger partial charge in [-0.3, -0.25) is 0 Å². The zero-order chi connectivity index (χ0) is 15.6. The zero-order valence-corrected chi connectivity index (χ0v) is 12.6. The van der Waals surface area contributed by atoms with E-state index in [1.807, 2.05) is 14.1 Å². The minimum atomic E-state index is -0.959. The molecule has 1 heterocycles. The van der Waals surface area contributed by atoms with E-state index in [0.717, 1.165) is 13.0 Å². The quantitative estimate of drug-likeness (QED) is 0.891. The van der Waals surface area contributed by atoms with Crippen molar-refractivity contribution in [3.63, 3.8) is 0 Å². The van der Waals surface area contributed by atoms with Crippen LogP contribution in [-0.2, 0) is 0 Å². The van der Waals surface area contributed by atoms with Crippen LogP contribution in [0.15, 0.2) is 18.2 Å². The molecule has 1 saturated heterocycles. The van der Waals surface area contributed by atoms with Gasteiger partial charge in [0.05, 0.1) is 5.56 Å². The Hall–Kier alpha value is -2.08. The Morgan fingerprint density at radius 3 is 2.62 bits per heavy atom. The number of nitrogens with zero attached hydrogens (tertiary/aromatic N) is 2. The molecular weight excluding hydrogens is 270 g/mol. The summed E-state index contributed by atoms with van der Waals surface area (Å²) in [5.74, 6) is -0.959. The van der Waals surface area contributed by atoms with Gasteiger partial charge in [-0.15, -0.1) is 0 Å². The Labute approximate surface area is 124 Å². The number of anilines is 1. The number of hydrogen-bond acceptors (Lipinski definition) is 3. The SMILES string of the molecule is Cc1cc(NC(=O)N2CCC(N(C)C)C2)ccc1C(=O)O. The monoisotopic (exact) mass is 291 g/mol. The number of rotatable bonds is 3. The molecule has 2 rings (SSSR count). The molecule has 1 fully saturated rings. The topological polar surface area (TPSA) is 72.9 Å². The number of carbonyl (C=O) groups is 2. The Bertz CT molecular complexity index is 557. The third-order valence-corrected chi connectivity index (χ3v) is 3.89. The third-order valence-electron chi connectivity index (χ3n) is 3.89. The van der Waals surface area contributed by atoms with Gasteiger partial charge in [0.15, 0.2) is 0 Å². The largest absolute Gasteiger partial charge is 0.478 e. The fraction of sp³-hybridized carbons (Fsp3) is 0.467. The Kier molecular flexibility index (Phi) is 4.47. The van der Waals surface area contributed by atoms with Crippen molar-refractivity contribution in [2.45, 2.75) is 19.4 Å². The summed E-state index contributed by atoms with van der Waals surface area (Å²) in [7, 11) is 4.03. The Morgan fingerprint density at radius 1 is 1.38 bits per heavy atom. The second-order valence-corrected chi connectivity index (χ2v) is 5.62. The number of amides is 2. The van der Waals surface area contributed by atoms with Crippen molar-refractivity contribution in [2.75, 3.05) is 32.5 Å². The van der Waals surface area contributed by atoms with Crippen LogP contribution in [-0.4, -0.2) is 60.1 Å². The molecule has 1 aliphatic rings. The highest BCUT2D eigenvalue weighted by Gasteiger charge is 2.27. The molecule has 0 aromatic heterocycles. The summed E-state index contributed by atoms with van der Waals surface area (Å²) in [5.41, 5.74) is 1.51. The number of carboxylic acids is 1. The predicted molar refractivity (Wildman–Crippen MR) is 80.8 cm³/mol. The molecule has 6 nitrogen and oxygen atoms in total. The van der Waals surface area contributed by atoms with Gasteiger partial charge in [-0.2, -0.15) is 0 Å². The molecule has 1 aliphatic heterocycles. The molecule has 0 aliphatic carbocycles. The molecule has 1 atom stereocenters. The second kappa shape index (κ2) is 6.13. The molecule has 1 unspecified atom stereocenters. The van der Waals surface area contributed by atoms with Crippen LogP contribution >= 0.6 is 0 Å². The van der Waals surface area contributed by atoms with Gasteiger partial charge in [0.1, 0.15) is 0 Å². The molecule has 6 heteroatoms. The molecular formula is C15H21N3O3. The smallest absolute Gasteiger partial charge is 0.335 e. The minimum Gasteiger partial charge on any atom is -0.478 e. The highest BCUT2D eigenvalue weighted by molar-refractivity contribution is 5.92. The standard InChI is InChI=1S/C15H21N3O3/c1-10-8-11(4-5-13(10)14(19)20)16-15(21)18-7-6-12(9-18)17(2)3/h4-5,8,12H,6-7,9H2,1-3H3,(H,16,21)(H,19,20). The molecule has 2 N–H and O–H groups in total. The first-order valence-corrected chi connectivity index (χ1v) is 6.95. The second-order valence-electron chi connectivity index (χ2n) is 5.62. The van der Waals surface area contributed by atoms with E-state index in [1.165, 1.54) is 6.07 Å². The van der Waals surface area contributed by atoms with Crippen molar-refractivity contribution in [3.8, 4) is 0 Å². The van der Waals surface area contributed by atoms with Gasteiger partial charge in [0, 0.05) is 24.8 Å². The van der Waals surface area contributed by atoms with Gasteiger partial charge in [-0.1, -0.05) is 0 Å². The zero-order valence-electron chi connectivity index (χ0n) is 12.6. The fourth-order valence-corrected chi connectivity index (χ4v) is 2.53. The number of aromatic carboxylic acids is 1. The first-order valence-electron chi connectivity index (χ1n) is 6.95. The highest BCUT2D eigenvalue weighted by atomic mass is 16.4. The van der Waals surface area contributed by atoms with Crippen LogP contribution in [0.2, 0.25) is 0 Å². The van der Waals surface area contributed by atoms with Crippen LogP contribution in [0.4, 0.5) is 10.5 Å². The van der Waals surface area contributed by atoms with E-state index in [2.05, 4.69) is 10.2 Å². The molecule has 114 valence electrons. The lowest BCUT2D eigenvalue weighted by Gasteiger charge is -2.21. The van der Waals surface area contributed by atoms with Crippen molar-refractivity contribution in [3.05, 3.63) is 29.3 Å². The molecule has 21 heavy (non-hydrogen) atoms. The lowest BCUT2D eigenvalue weighted by Crippen LogP contribution is -2.36. The Morgan fingerprint density at radius 2 is 2.10 bits per heavy atom. The van der Waals surface area contributed by atoms with Gasteiger partial charge in [0.2, 0.25) is 0 Å². The van der Waals surface area contributed by atoms with Crippen LogP contribution in [0.1, 0.15) is 22.3 Å². The van der Waals surface area contributed by atoms with Gasteiger partial charge in [-0.05, 0) is 51.2 Å². The van der Waals surface area contributed by atoms with Crippen LogP contribution in [0.3, 0.4) is 0 Å². The first kappa shape index (κ1) is 15.3. The lowest BCUT2D eigenvalue weighted by atomic mass is 10.1. The molecule has 1 aromatic rings. The van der Waals surface area contributed by atoms with E-state index in [9.17, 15) is 9.59 Å². The number of aryl methyl sites for hydroxylation is 1. The number of carboxylic acid groups (broad SMARTS) is 1. The van der Waals surface area contributed by atoms with E-state index in [1.54, 1.807) is 24.0 Å². The lowest BCUT2D eigenvalue weighted by molar-refractivity contribution is 0.0696. The maximum Gasteiger partial charge on any atom is 0.335 e. The number of urea groups is 1. The molecule has 0 radical (unpaired) electrons. The summed E-state index contributed by atoms with van der Waals surface area (Å²) >= 11 is 0. The van der Waals surface area contributed by atoms with Crippen molar-refractivity contribution in [1.82, 2.24) is 9.80 Å². The van der Waals surface area contributed by atoms with Gasteiger partial charge < -0.3 is 20.2 Å². The van der Waals surface area contributed by atoms with E-state index in [0.29, 0.717) is 23.8 Å². The van der Waals surface area contributed by atoms with Crippen molar-refractivity contribution in [2.24, 2.45) is 0 Å². The molecule has 0 saturated carbocycles. The summed E-state index contributed by atoms with van der Waals surface area (Å²) in [6, 6.07) is 5.07. The summed E-state index contributed by atoms with van der Waals surface area (Å²) in [6.07, 6.45) is 0.970. The van der Waals surface area contributed by atoms with Gasteiger partial charge >= 0.3 is 12.0 Å². The van der Waals surface area contributed by atoms with Crippen LogP contribution in [0.5, 0.6) is 0 Å². The minimum absolute atomic E-state index is 0.137. The van der Waals surface area contributed by atoms with E-state index in [-0.39, 0.29) is 11.6 Å². The number of benzene rings is 1. The third kappa shape index (κ3) is 3.52. The van der Waals surface area contributed by atoms with E-state index < -0.39 is 5.97 Å². The summed E-state index contributed by atoms with van der Waals surface area (Å²) in [5, 5.41) is 11.8. The predicted octanol–water partition coefficient (Wildman–Crippen LogP) is 1.86. The van der Waals surface area contributed by atoms with Crippen LogP contribution in [0, 0.1) is 6.92 Å². The number of nitrogens with one attached hydrogen (secondary N) is 1. The summed E-state index contributed by atoms with van der Waals surface area (Å²) in [6.45, 7) is 3.17. The molecule has 1 aromatic carbocycles. The van der Waals surface area contributed by atoms with Crippen molar-refractivity contribution < 1.29 is 14.7 Å². The molecule has 0 bridgehead atoms. The number of likely N-dealkylation sites (tertiary alicyclic amines) is 1. The van der Waals surface area contributed by atoms with Crippen LogP contribution < -0.4 is 5.32 Å². The van der Waals surface area contributed by atoms with E-state index >= 15 is 0 Å². The highest BCUT2D eigenvalue weighted by Crippen LogP contribution is 2.18. The van der Waals surface area contributed by atoms with E-state index in [4.69, 9.17) is 5.11 Å². The number of hydrogen-bond donors (Lipinski definition) is 2.